The molecule has 0 bridgehead atoms. The van der Waals surface area contributed by atoms with Crippen molar-refractivity contribution in [3.63, 3.8) is 0 Å². The van der Waals surface area contributed by atoms with Gasteiger partial charge in [0.05, 0.1) is 6.61 Å². The molecule has 2 rings (SSSR count). The molecule has 0 radical (unpaired) electrons. The second-order valence-corrected chi connectivity index (χ2v) is 2.86. The van der Waals surface area contributed by atoms with Gasteiger partial charge < -0.3 is 14.6 Å². The zero-order valence-electron chi connectivity index (χ0n) is 7.24. The van der Waals surface area contributed by atoms with Crippen molar-refractivity contribution in [2.24, 2.45) is 0 Å². The summed E-state index contributed by atoms with van der Waals surface area (Å²) in [5.41, 5.74) is 0. The van der Waals surface area contributed by atoms with E-state index in [2.05, 4.69) is 20.0 Å². The SMILES string of the molecule is FC(F)c1nc(C2CNCCO2)no1. The van der Waals surface area contributed by atoms with Gasteiger partial charge in [0.2, 0.25) is 5.82 Å². The summed E-state index contributed by atoms with van der Waals surface area (Å²) in [6.45, 7) is 1.78. The van der Waals surface area contributed by atoms with Crippen molar-refractivity contribution in [1.29, 1.82) is 0 Å². The third-order valence-corrected chi connectivity index (χ3v) is 1.86. The van der Waals surface area contributed by atoms with Crippen molar-refractivity contribution >= 4 is 0 Å². The standard InChI is InChI=1S/C7H9F2N3O2/c8-5(9)7-11-6(12-14-7)4-3-10-1-2-13-4/h4-5,10H,1-3H2. The molecule has 0 aliphatic carbocycles. The molecule has 1 aliphatic heterocycles. The number of morpholine rings is 1. The van der Waals surface area contributed by atoms with E-state index in [-0.39, 0.29) is 11.9 Å². The first-order valence-corrected chi connectivity index (χ1v) is 4.21. The highest BCUT2D eigenvalue weighted by molar-refractivity contribution is 4.94. The van der Waals surface area contributed by atoms with Gasteiger partial charge >= 0.3 is 6.43 Å². The lowest BCUT2D eigenvalue weighted by Crippen LogP contribution is -2.33. The molecular formula is C7H9F2N3O2. The maximum Gasteiger partial charge on any atom is 0.315 e. The average Bonchev–Trinajstić information content (AvgIpc) is 2.68. The number of nitrogens with one attached hydrogen (secondary N) is 1. The van der Waals surface area contributed by atoms with Gasteiger partial charge in [-0.3, -0.25) is 0 Å². The Morgan fingerprint density at radius 1 is 1.50 bits per heavy atom. The number of aromatic nitrogens is 2. The van der Waals surface area contributed by atoms with Crippen LogP contribution in [0.3, 0.4) is 0 Å². The van der Waals surface area contributed by atoms with E-state index in [4.69, 9.17) is 4.74 Å². The number of ether oxygens (including phenoxy) is 1. The maximum atomic E-state index is 12.1. The average molecular weight is 205 g/mol. The third-order valence-electron chi connectivity index (χ3n) is 1.86. The Kier molecular flexibility index (Phi) is 2.69. The van der Waals surface area contributed by atoms with E-state index in [1.807, 2.05) is 0 Å². The highest BCUT2D eigenvalue weighted by atomic mass is 19.3. The molecule has 1 aromatic rings. The molecule has 78 valence electrons. The Hall–Kier alpha value is -1.08. The third kappa shape index (κ3) is 1.88. The minimum absolute atomic E-state index is 0.174. The van der Waals surface area contributed by atoms with Gasteiger partial charge in [-0.1, -0.05) is 5.16 Å². The van der Waals surface area contributed by atoms with Crippen molar-refractivity contribution in [2.45, 2.75) is 12.5 Å². The van der Waals surface area contributed by atoms with E-state index in [1.165, 1.54) is 0 Å². The quantitative estimate of drug-likeness (QED) is 0.768. The Bertz CT molecular complexity index is 299. The topological polar surface area (TPSA) is 60.2 Å². The van der Waals surface area contributed by atoms with Gasteiger partial charge in [-0.15, -0.1) is 0 Å². The van der Waals surface area contributed by atoms with Gasteiger partial charge in [0.25, 0.3) is 5.89 Å². The van der Waals surface area contributed by atoms with E-state index in [0.29, 0.717) is 13.2 Å². The minimum atomic E-state index is -2.73. The summed E-state index contributed by atoms with van der Waals surface area (Å²) in [6.07, 6.45) is -3.12. The Morgan fingerprint density at radius 2 is 2.36 bits per heavy atom. The number of rotatable bonds is 2. The van der Waals surface area contributed by atoms with Crippen molar-refractivity contribution < 1.29 is 18.0 Å². The summed E-state index contributed by atoms with van der Waals surface area (Å²) in [6, 6.07) is 0. The van der Waals surface area contributed by atoms with Gasteiger partial charge in [0, 0.05) is 13.1 Å². The predicted octanol–water partition coefficient (Wildman–Crippen LogP) is 0.668. The first kappa shape index (κ1) is 9.47. The number of alkyl halides is 2. The molecular weight excluding hydrogens is 196 g/mol. The van der Waals surface area contributed by atoms with Gasteiger partial charge in [-0.25, -0.2) is 0 Å². The number of halogens is 2. The molecule has 1 fully saturated rings. The molecule has 7 heteroatoms. The van der Waals surface area contributed by atoms with E-state index in [1.54, 1.807) is 0 Å². The van der Waals surface area contributed by atoms with Crippen molar-refractivity contribution in [3.8, 4) is 0 Å². The Labute approximate surface area is 78.4 Å². The number of hydrogen-bond acceptors (Lipinski definition) is 5. The number of nitrogens with zero attached hydrogens (tertiary/aromatic N) is 2. The fourth-order valence-electron chi connectivity index (χ4n) is 1.20. The van der Waals surface area contributed by atoms with Crippen LogP contribution in [0.25, 0.3) is 0 Å². The zero-order chi connectivity index (χ0) is 9.97. The maximum absolute atomic E-state index is 12.1. The molecule has 1 unspecified atom stereocenters. The summed E-state index contributed by atoms with van der Waals surface area (Å²) >= 11 is 0. The lowest BCUT2D eigenvalue weighted by atomic mass is 10.3. The fourth-order valence-corrected chi connectivity index (χ4v) is 1.20. The van der Waals surface area contributed by atoms with E-state index < -0.39 is 12.3 Å². The first-order chi connectivity index (χ1) is 6.77. The Balaban J connectivity index is 2.07. The van der Waals surface area contributed by atoms with Crippen LogP contribution in [0.4, 0.5) is 8.78 Å². The molecule has 1 N–H and O–H groups in total. The lowest BCUT2D eigenvalue weighted by Gasteiger charge is -2.20. The largest absolute Gasteiger partial charge is 0.367 e. The van der Waals surface area contributed by atoms with Crippen LogP contribution in [0.15, 0.2) is 4.52 Å². The van der Waals surface area contributed by atoms with Crippen molar-refractivity contribution in [1.82, 2.24) is 15.5 Å². The van der Waals surface area contributed by atoms with Crippen molar-refractivity contribution in [2.75, 3.05) is 19.7 Å². The summed E-state index contributed by atoms with van der Waals surface area (Å²) < 4.78 is 33.8. The molecule has 0 amide bonds. The number of hydrogen-bond donors (Lipinski definition) is 1. The van der Waals surface area contributed by atoms with Crippen LogP contribution in [0.2, 0.25) is 0 Å². The monoisotopic (exact) mass is 205 g/mol. The van der Waals surface area contributed by atoms with Crippen LogP contribution in [-0.4, -0.2) is 29.8 Å². The molecule has 1 aliphatic rings. The summed E-state index contributed by atoms with van der Waals surface area (Å²) in [7, 11) is 0. The molecule has 1 saturated heterocycles. The highest BCUT2D eigenvalue weighted by Gasteiger charge is 2.24. The van der Waals surface area contributed by atoms with Gasteiger partial charge in [0.15, 0.2) is 0 Å². The van der Waals surface area contributed by atoms with Crippen LogP contribution < -0.4 is 5.32 Å². The molecule has 0 spiro atoms. The normalized spacial score (nSPS) is 22.9. The van der Waals surface area contributed by atoms with Gasteiger partial charge in [-0.05, 0) is 0 Å². The second-order valence-electron chi connectivity index (χ2n) is 2.86. The van der Waals surface area contributed by atoms with Gasteiger partial charge in [0.1, 0.15) is 6.10 Å². The van der Waals surface area contributed by atoms with Crippen LogP contribution in [0.1, 0.15) is 24.2 Å². The molecule has 5 nitrogen and oxygen atoms in total. The highest BCUT2D eigenvalue weighted by Crippen LogP contribution is 2.20. The first-order valence-electron chi connectivity index (χ1n) is 4.21. The minimum Gasteiger partial charge on any atom is -0.367 e. The van der Waals surface area contributed by atoms with Gasteiger partial charge in [-0.2, -0.15) is 13.8 Å². The molecule has 1 aromatic heterocycles. The molecule has 2 heterocycles. The molecule has 14 heavy (non-hydrogen) atoms. The molecule has 1 atom stereocenters. The van der Waals surface area contributed by atoms with Crippen LogP contribution in [-0.2, 0) is 4.74 Å². The van der Waals surface area contributed by atoms with E-state index >= 15 is 0 Å². The van der Waals surface area contributed by atoms with Crippen molar-refractivity contribution in [3.05, 3.63) is 11.7 Å². The lowest BCUT2D eigenvalue weighted by molar-refractivity contribution is 0.0208. The van der Waals surface area contributed by atoms with Crippen LogP contribution in [0, 0.1) is 0 Å². The smallest absolute Gasteiger partial charge is 0.315 e. The predicted molar refractivity (Wildman–Crippen MR) is 40.8 cm³/mol. The van der Waals surface area contributed by atoms with E-state index in [9.17, 15) is 8.78 Å². The van der Waals surface area contributed by atoms with Crippen LogP contribution in [0.5, 0.6) is 0 Å². The zero-order valence-corrected chi connectivity index (χ0v) is 7.24. The Morgan fingerprint density at radius 3 is 2.93 bits per heavy atom. The second kappa shape index (κ2) is 3.97. The molecule has 0 saturated carbocycles. The van der Waals surface area contributed by atoms with E-state index in [0.717, 1.165) is 6.54 Å². The summed E-state index contributed by atoms with van der Waals surface area (Å²) in [5, 5.41) is 6.47. The molecule has 0 aromatic carbocycles. The fraction of sp³-hybridized carbons (Fsp3) is 0.714. The summed E-state index contributed by atoms with van der Waals surface area (Å²) in [5.74, 6) is -0.485. The summed E-state index contributed by atoms with van der Waals surface area (Å²) in [4.78, 5) is 3.54. The van der Waals surface area contributed by atoms with Crippen LogP contribution >= 0.6 is 0 Å².